The third kappa shape index (κ3) is 7.39. The molecule has 1 aliphatic carbocycles. The summed E-state index contributed by atoms with van der Waals surface area (Å²) in [5.74, 6) is -0.978. The summed E-state index contributed by atoms with van der Waals surface area (Å²) in [5, 5.41) is 6.66. The largest absolute Gasteiger partial charge is 0.433 e. The monoisotopic (exact) mass is 500 g/mol. The van der Waals surface area contributed by atoms with E-state index in [1.807, 2.05) is 0 Å². The number of nitrogens with zero attached hydrogens (tertiary/aromatic N) is 2. The van der Waals surface area contributed by atoms with Crippen molar-refractivity contribution in [3.8, 4) is 0 Å². The molecule has 1 heterocycles. The lowest BCUT2D eigenvalue weighted by molar-refractivity contribution is -0.463. The van der Waals surface area contributed by atoms with Crippen molar-refractivity contribution in [2.45, 2.75) is 68.7 Å². The first kappa shape index (κ1) is 26.5. The van der Waals surface area contributed by atoms with E-state index in [2.05, 4.69) is 19.5 Å². The fraction of sp³-hybridized carbons (Fsp3) is 0.938. The molecule has 0 unspecified atom stereocenters. The minimum absolute atomic E-state index is 0.0549. The van der Waals surface area contributed by atoms with Gasteiger partial charge in [0.1, 0.15) is 12.0 Å². The smallest absolute Gasteiger partial charge is 0.379 e. The fourth-order valence-corrected chi connectivity index (χ4v) is 5.43. The van der Waals surface area contributed by atoms with E-state index in [9.17, 15) is 30.4 Å². The zero-order valence-electron chi connectivity index (χ0n) is 16.8. The number of hydrogen-bond donors (Lipinski definition) is 0. The van der Waals surface area contributed by atoms with Crippen molar-refractivity contribution >= 4 is 27.8 Å². The van der Waals surface area contributed by atoms with Gasteiger partial charge in [0.2, 0.25) is 0 Å². The standard InChI is InChI=1S/C16H25F5N2O6S2/c1-2-26-13-8-6-12(7-9-13)14(15(17,18)19)22-27-28-29-30-16(20,21)31(24,25)23-10-4-3-5-11-23/h12-13H,2-11H2,1H3/b22-14-. The van der Waals surface area contributed by atoms with Crippen molar-refractivity contribution in [2.24, 2.45) is 11.1 Å². The highest BCUT2D eigenvalue weighted by Gasteiger charge is 2.52. The molecule has 31 heavy (non-hydrogen) atoms. The van der Waals surface area contributed by atoms with Gasteiger partial charge in [0.05, 0.1) is 6.10 Å². The molecule has 1 saturated carbocycles. The molecule has 0 N–H and O–H groups in total. The summed E-state index contributed by atoms with van der Waals surface area (Å²) in [7, 11) is -5.04. The van der Waals surface area contributed by atoms with Crippen molar-refractivity contribution < 1.29 is 49.5 Å². The van der Waals surface area contributed by atoms with Crippen LogP contribution in [-0.2, 0) is 29.1 Å². The van der Waals surface area contributed by atoms with E-state index in [0.29, 0.717) is 36.6 Å². The molecule has 1 aliphatic heterocycles. The van der Waals surface area contributed by atoms with Gasteiger partial charge in [-0.3, -0.25) is 0 Å². The number of piperidine rings is 1. The normalized spacial score (nSPS) is 24.9. The summed E-state index contributed by atoms with van der Waals surface area (Å²) in [4.78, 5) is 3.96. The topological polar surface area (TPSA) is 86.7 Å². The van der Waals surface area contributed by atoms with Crippen LogP contribution in [0.3, 0.4) is 0 Å². The van der Waals surface area contributed by atoms with Crippen LogP contribution in [0.2, 0.25) is 0 Å². The SMILES string of the molecule is CCOC1CCC(/C(=N/OOOSC(F)(F)S(=O)(=O)N2CCCCC2)C(F)(F)F)CC1. The highest BCUT2D eigenvalue weighted by Crippen LogP contribution is 2.39. The zero-order valence-corrected chi connectivity index (χ0v) is 18.4. The Balaban J connectivity index is 1.87. The van der Waals surface area contributed by atoms with Crippen LogP contribution in [0.5, 0.6) is 0 Å². The molecule has 8 nitrogen and oxygen atoms in total. The number of rotatable bonds is 10. The lowest BCUT2D eigenvalue weighted by Gasteiger charge is -2.29. The Kier molecular flexibility index (Phi) is 9.76. The Morgan fingerprint density at radius 1 is 1.06 bits per heavy atom. The lowest BCUT2D eigenvalue weighted by atomic mass is 9.84. The molecule has 1 saturated heterocycles. The molecular weight excluding hydrogens is 475 g/mol. The predicted octanol–water partition coefficient (Wildman–Crippen LogP) is 4.39. The maximum atomic E-state index is 14.0. The van der Waals surface area contributed by atoms with Gasteiger partial charge in [0.25, 0.3) is 10.0 Å². The van der Waals surface area contributed by atoms with Crippen molar-refractivity contribution in [3.05, 3.63) is 0 Å². The summed E-state index contributed by atoms with van der Waals surface area (Å²) in [6.45, 7) is 2.14. The first-order valence-corrected chi connectivity index (χ1v) is 12.0. The Bertz CT molecular complexity index is 693. The van der Waals surface area contributed by atoms with Gasteiger partial charge in [-0.15, -0.1) is 4.33 Å². The second kappa shape index (κ2) is 11.4. The molecule has 2 aliphatic rings. The van der Waals surface area contributed by atoms with Crippen LogP contribution in [0.1, 0.15) is 51.9 Å². The molecular formula is C16H25F5N2O6S2. The van der Waals surface area contributed by atoms with Crippen molar-refractivity contribution in [1.82, 2.24) is 4.31 Å². The lowest BCUT2D eigenvalue weighted by Crippen LogP contribution is -2.44. The third-order valence-electron chi connectivity index (χ3n) is 5.03. The first-order chi connectivity index (χ1) is 14.5. The minimum atomic E-state index is -5.04. The van der Waals surface area contributed by atoms with Gasteiger partial charge in [-0.2, -0.15) is 31.2 Å². The second-order valence-corrected chi connectivity index (χ2v) is 10.2. The van der Waals surface area contributed by atoms with Crippen LogP contribution >= 0.6 is 12.0 Å². The van der Waals surface area contributed by atoms with E-state index in [-0.39, 0.29) is 32.0 Å². The van der Waals surface area contributed by atoms with Gasteiger partial charge >= 0.3 is 10.8 Å². The molecule has 2 fully saturated rings. The highest BCUT2D eigenvalue weighted by molar-refractivity contribution is 8.10. The average Bonchev–Trinajstić information content (AvgIpc) is 2.71. The van der Waals surface area contributed by atoms with E-state index >= 15 is 0 Å². The van der Waals surface area contributed by atoms with Crippen molar-refractivity contribution in [3.63, 3.8) is 0 Å². The van der Waals surface area contributed by atoms with Crippen LogP contribution < -0.4 is 0 Å². The Morgan fingerprint density at radius 3 is 2.23 bits per heavy atom. The number of oxime groups is 1. The fourth-order valence-electron chi connectivity index (χ4n) is 3.52. The van der Waals surface area contributed by atoms with E-state index in [1.165, 1.54) is 0 Å². The molecule has 0 aromatic rings. The molecule has 0 spiro atoms. The second-order valence-electron chi connectivity index (χ2n) is 7.13. The Labute approximate surface area is 181 Å². The number of sulfonamides is 1. The van der Waals surface area contributed by atoms with Gasteiger partial charge in [-0.1, -0.05) is 6.42 Å². The molecule has 0 bridgehead atoms. The number of alkyl halides is 5. The Hall–Kier alpha value is -0.740. The predicted molar refractivity (Wildman–Crippen MR) is 101 cm³/mol. The number of hydrogen-bond acceptors (Lipinski definition) is 8. The zero-order chi connectivity index (χ0) is 23.1. The highest BCUT2D eigenvalue weighted by atomic mass is 32.3. The summed E-state index contributed by atoms with van der Waals surface area (Å²) in [5.41, 5.74) is -1.27. The summed E-state index contributed by atoms with van der Waals surface area (Å²) in [6.07, 6.45) is -2.24. The Morgan fingerprint density at radius 2 is 1.68 bits per heavy atom. The van der Waals surface area contributed by atoms with Crippen molar-refractivity contribution in [2.75, 3.05) is 19.7 Å². The molecule has 182 valence electrons. The molecule has 0 atom stereocenters. The van der Waals surface area contributed by atoms with E-state index in [1.54, 1.807) is 6.92 Å². The number of halogens is 5. The van der Waals surface area contributed by atoms with Crippen LogP contribution in [0.15, 0.2) is 5.16 Å². The van der Waals surface area contributed by atoms with Crippen LogP contribution in [0, 0.1) is 5.92 Å². The number of ether oxygens (including phenoxy) is 1. The third-order valence-corrected chi connectivity index (χ3v) is 7.83. The van der Waals surface area contributed by atoms with E-state index in [0.717, 1.165) is 6.42 Å². The quantitative estimate of drug-likeness (QED) is 0.110. The summed E-state index contributed by atoms with van der Waals surface area (Å²) >= 11 is -0.897. The average molecular weight is 501 g/mol. The molecule has 0 radical (unpaired) electrons. The molecule has 15 heteroatoms. The van der Waals surface area contributed by atoms with Gasteiger partial charge < -0.3 is 4.74 Å². The van der Waals surface area contributed by atoms with Gasteiger partial charge in [0.15, 0.2) is 5.71 Å². The van der Waals surface area contributed by atoms with Gasteiger partial charge in [-0.05, 0) is 50.6 Å². The van der Waals surface area contributed by atoms with E-state index in [4.69, 9.17) is 4.74 Å². The molecule has 0 aromatic heterocycles. The van der Waals surface area contributed by atoms with E-state index < -0.39 is 44.5 Å². The minimum Gasteiger partial charge on any atom is -0.379 e. The maximum Gasteiger partial charge on any atom is 0.433 e. The van der Waals surface area contributed by atoms with Crippen LogP contribution in [-0.4, -0.2) is 55.0 Å². The maximum absolute atomic E-state index is 14.0. The molecule has 0 aromatic carbocycles. The van der Waals surface area contributed by atoms with Gasteiger partial charge in [0, 0.05) is 30.7 Å². The summed E-state index contributed by atoms with van der Waals surface area (Å²) in [6, 6.07) is 0. The summed E-state index contributed by atoms with van der Waals surface area (Å²) < 4.78 is 97.3. The van der Waals surface area contributed by atoms with Gasteiger partial charge in [-0.25, -0.2) is 8.42 Å². The molecule has 2 rings (SSSR count). The van der Waals surface area contributed by atoms with Crippen LogP contribution in [0.25, 0.3) is 0 Å². The molecule has 0 amide bonds. The van der Waals surface area contributed by atoms with Crippen LogP contribution in [0.4, 0.5) is 22.0 Å². The first-order valence-electron chi connectivity index (χ1n) is 9.81. The van der Waals surface area contributed by atoms with Crippen molar-refractivity contribution in [1.29, 1.82) is 0 Å².